The summed E-state index contributed by atoms with van der Waals surface area (Å²) in [5.41, 5.74) is 1.42. The van der Waals surface area contributed by atoms with Gasteiger partial charge in [-0.1, -0.05) is 0 Å². The van der Waals surface area contributed by atoms with Gasteiger partial charge in [0, 0.05) is 44.1 Å². The third kappa shape index (κ3) is 6.84. The van der Waals surface area contributed by atoms with Crippen LogP contribution in [0.2, 0.25) is 0 Å². The molecule has 3 rings (SSSR count). The van der Waals surface area contributed by atoms with E-state index in [1.165, 1.54) is 12.4 Å². The highest BCUT2D eigenvalue weighted by atomic mass is 19.1. The highest BCUT2D eigenvalue weighted by Crippen LogP contribution is 2.29. The number of aromatic nitrogens is 2. The van der Waals surface area contributed by atoms with Crippen molar-refractivity contribution in [2.75, 3.05) is 38.1 Å². The average Bonchev–Trinajstić information content (AvgIpc) is 2.79. The molecule has 0 atom stereocenters. The van der Waals surface area contributed by atoms with Gasteiger partial charge in [0.15, 0.2) is 0 Å². The molecule has 2 N–H and O–H groups in total. The smallest absolute Gasteiger partial charge is 0.224 e. The lowest BCUT2D eigenvalue weighted by Crippen LogP contribution is -2.25. The first-order valence-electron chi connectivity index (χ1n) is 10.6. The number of carbonyl (C=O) groups excluding carboxylic acids is 1. The van der Waals surface area contributed by atoms with Crippen molar-refractivity contribution in [1.82, 2.24) is 9.97 Å². The maximum absolute atomic E-state index is 14.8. The predicted molar refractivity (Wildman–Crippen MR) is 126 cm³/mol. The van der Waals surface area contributed by atoms with Gasteiger partial charge in [0.25, 0.3) is 0 Å². The maximum atomic E-state index is 14.8. The van der Waals surface area contributed by atoms with E-state index in [1.807, 2.05) is 13.8 Å². The number of halogens is 1. The average molecular weight is 457 g/mol. The summed E-state index contributed by atoms with van der Waals surface area (Å²) in [5, 5.41) is 6.24. The van der Waals surface area contributed by atoms with Gasteiger partial charge in [0.05, 0.1) is 23.1 Å². The van der Waals surface area contributed by atoms with Gasteiger partial charge in [-0.25, -0.2) is 14.4 Å². The van der Waals surface area contributed by atoms with Crippen molar-refractivity contribution in [2.24, 2.45) is 0 Å². The molecule has 0 aliphatic rings. The fourth-order valence-electron chi connectivity index (χ4n) is 3.05. The zero-order valence-corrected chi connectivity index (χ0v) is 19.3. The van der Waals surface area contributed by atoms with Crippen LogP contribution in [0.5, 0.6) is 5.75 Å². The van der Waals surface area contributed by atoms with E-state index < -0.39 is 5.82 Å². The van der Waals surface area contributed by atoms with E-state index in [0.717, 1.165) is 0 Å². The minimum absolute atomic E-state index is 0.0896. The molecule has 176 valence electrons. The Morgan fingerprint density at radius 1 is 1.06 bits per heavy atom. The molecule has 1 aromatic heterocycles. The van der Waals surface area contributed by atoms with Gasteiger partial charge in [-0.05, 0) is 44.5 Å². The summed E-state index contributed by atoms with van der Waals surface area (Å²) >= 11 is 0. The number of ether oxygens (including phenoxy) is 3. The molecule has 0 saturated carbocycles. The summed E-state index contributed by atoms with van der Waals surface area (Å²) in [5.74, 6) is 0.120. The van der Waals surface area contributed by atoms with Crippen LogP contribution in [0, 0.1) is 5.82 Å². The Bertz CT molecular complexity index is 1090. The molecule has 0 fully saturated rings. The van der Waals surface area contributed by atoms with Crippen molar-refractivity contribution in [3.8, 4) is 5.75 Å². The van der Waals surface area contributed by atoms with Crippen molar-refractivity contribution in [2.45, 2.75) is 32.3 Å². The van der Waals surface area contributed by atoms with E-state index in [9.17, 15) is 9.18 Å². The molecule has 0 aliphatic carbocycles. The summed E-state index contributed by atoms with van der Waals surface area (Å²) in [4.78, 5) is 20.5. The standard InChI is InChI=1S/C24H29FN4O4/c1-24(2,32-4)10-9-21(30)28-16-5-7-17(8-6-16)29-23-22-19(25)13-18(33-12-11-31-3)14-20(22)26-15-27-23/h5-8,13-15H,9-12H2,1-4H3,(H,28,30)(H,26,27,29). The molecule has 0 bridgehead atoms. The number of nitrogens with zero attached hydrogens (tertiary/aromatic N) is 2. The van der Waals surface area contributed by atoms with E-state index in [2.05, 4.69) is 20.6 Å². The summed E-state index contributed by atoms with van der Waals surface area (Å²) in [6, 6.07) is 10.1. The Labute approximate surface area is 192 Å². The van der Waals surface area contributed by atoms with Gasteiger partial charge < -0.3 is 24.8 Å². The summed E-state index contributed by atoms with van der Waals surface area (Å²) in [6.07, 6.45) is 2.32. The minimum atomic E-state index is -0.495. The number of anilines is 3. The number of amides is 1. The molecule has 0 radical (unpaired) electrons. The zero-order chi connectivity index (χ0) is 23.8. The Morgan fingerprint density at radius 2 is 1.79 bits per heavy atom. The topological polar surface area (TPSA) is 94.6 Å². The second-order valence-corrected chi connectivity index (χ2v) is 8.08. The van der Waals surface area contributed by atoms with E-state index in [4.69, 9.17) is 14.2 Å². The first-order chi connectivity index (χ1) is 15.8. The number of benzene rings is 2. The lowest BCUT2D eigenvalue weighted by atomic mass is 10.0. The zero-order valence-electron chi connectivity index (χ0n) is 19.3. The molecule has 0 saturated heterocycles. The number of hydrogen-bond acceptors (Lipinski definition) is 7. The molecule has 33 heavy (non-hydrogen) atoms. The van der Waals surface area contributed by atoms with Crippen molar-refractivity contribution < 1.29 is 23.4 Å². The highest BCUT2D eigenvalue weighted by molar-refractivity contribution is 5.93. The van der Waals surface area contributed by atoms with Crippen molar-refractivity contribution in [3.05, 3.63) is 48.5 Å². The van der Waals surface area contributed by atoms with Crippen LogP contribution in [0.4, 0.5) is 21.6 Å². The molecule has 9 heteroatoms. The minimum Gasteiger partial charge on any atom is -0.491 e. The van der Waals surface area contributed by atoms with Crippen LogP contribution in [-0.2, 0) is 14.3 Å². The number of nitrogens with one attached hydrogen (secondary N) is 2. The Balaban J connectivity index is 1.68. The molecule has 1 amide bonds. The monoisotopic (exact) mass is 456 g/mol. The van der Waals surface area contributed by atoms with Crippen LogP contribution < -0.4 is 15.4 Å². The van der Waals surface area contributed by atoms with Gasteiger partial charge in [0.2, 0.25) is 5.91 Å². The quantitative estimate of drug-likeness (QED) is 0.405. The molecular weight excluding hydrogens is 427 g/mol. The van der Waals surface area contributed by atoms with Crippen LogP contribution in [0.15, 0.2) is 42.7 Å². The van der Waals surface area contributed by atoms with E-state index in [-0.39, 0.29) is 16.9 Å². The number of rotatable bonds is 11. The van der Waals surface area contributed by atoms with Gasteiger partial charge >= 0.3 is 0 Å². The molecule has 8 nitrogen and oxygen atoms in total. The van der Waals surface area contributed by atoms with Crippen molar-refractivity contribution in [3.63, 3.8) is 0 Å². The van der Waals surface area contributed by atoms with E-state index in [0.29, 0.717) is 54.5 Å². The SMILES string of the molecule is COCCOc1cc(F)c2c(Nc3ccc(NC(=O)CCC(C)(C)OC)cc3)ncnc2c1. The third-order valence-corrected chi connectivity index (χ3v) is 5.16. The first-order valence-corrected chi connectivity index (χ1v) is 10.6. The van der Waals surface area contributed by atoms with Gasteiger partial charge in [-0.15, -0.1) is 0 Å². The number of fused-ring (bicyclic) bond motifs is 1. The first kappa shape index (κ1) is 24.3. The predicted octanol–water partition coefficient (Wildman–Crippen LogP) is 4.68. The van der Waals surface area contributed by atoms with Crippen LogP contribution in [-0.4, -0.2) is 48.9 Å². The Kier molecular flexibility index (Phi) is 8.13. The summed E-state index contributed by atoms with van der Waals surface area (Å²) in [6.45, 7) is 4.59. The third-order valence-electron chi connectivity index (χ3n) is 5.16. The second kappa shape index (κ2) is 11.0. The molecule has 0 aliphatic heterocycles. The molecule has 0 unspecified atom stereocenters. The molecule has 1 heterocycles. The van der Waals surface area contributed by atoms with Crippen molar-refractivity contribution in [1.29, 1.82) is 0 Å². The largest absolute Gasteiger partial charge is 0.491 e. The Hall–Kier alpha value is -3.30. The summed E-state index contributed by atoms with van der Waals surface area (Å²) in [7, 11) is 3.20. The number of methoxy groups -OCH3 is 2. The van der Waals surface area contributed by atoms with E-state index >= 15 is 0 Å². The second-order valence-electron chi connectivity index (χ2n) is 8.08. The van der Waals surface area contributed by atoms with E-state index in [1.54, 1.807) is 44.6 Å². The van der Waals surface area contributed by atoms with Gasteiger partial charge in [-0.2, -0.15) is 0 Å². The number of hydrogen-bond donors (Lipinski definition) is 2. The fraction of sp³-hybridized carbons (Fsp3) is 0.375. The molecule has 2 aromatic carbocycles. The van der Waals surface area contributed by atoms with Gasteiger partial charge in [0.1, 0.15) is 30.3 Å². The molecule has 0 spiro atoms. The summed E-state index contributed by atoms with van der Waals surface area (Å²) < 4.78 is 30.6. The van der Waals surface area contributed by atoms with Gasteiger partial charge in [-0.3, -0.25) is 4.79 Å². The maximum Gasteiger partial charge on any atom is 0.224 e. The van der Waals surface area contributed by atoms with Crippen LogP contribution in [0.3, 0.4) is 0 Å². The normalized spacial score (nSPS) is 11.4. The number of carbonyl (C=O) groups is 1. The fourth-order valence-corrected chi connectivity index (χ4v) is 3.05. The van der Waals surface area contributed by atoms with Crippen LogP contribution >= 0.6 is 0 Å². The lowest BCUT2D eigenvalue weighted by Gasteiger charge is -2.22. The Morgan fingerprint density at radius 3 is 2.48 bits per heavy atom. The molecular formula is C24H29FN4O4. The van der Waals surface area contributed by atoms with Crippen molar-refractivity contribution >= 4 is 34.0 Å². The lowest BCUT2D eigenvalue weighted by molar-refractivity contribution is -0.117. The molecule has 3 aromatic rings. The highest BCUT2D eigenvalue weighted by Gasteiger charge is 2.18. The van der Waals surface area contributed by atoms with Crippen LogP contribution in [0.25, 0.3) is 10.9 Å². The van der Waals surface area contributed by atoms with Crippen LogP contribution in [0.1, 0.15) is 26.7 Å².